The molecule has 3 nitrogen and oxygen atoms in total. The molecular weight excluding hydrogens is 250 g/mol. The Morgan fingerprint density at radius 1 is 1.20 bits per heavy atom. The molecule has 0 saturated carbocycles. The zero-order chi connectivity index (χ0) is 15.2. The Kier molecular flexibility index (Phi) is 6.50. The van der Waals surface area contributed by atoms with Gasteiger partial charge in [-0.3, -0.25) is 0 Å². The third-order valence-corrected chi connectivity index (χ3v) is 3.48. The number of ether oxygens (including phenoxy) is 1. The van der Waals surface area contributed by atoms with Crippen LogP contribution in [-0.2, 0) is 5.41 Å². The second-order valence-corrected chi connectivity index (χ2v) is 6.46. The van der Waals surface area contributed by atoms with Crippen LogP contribution in [0.2, 0.25) is 0 Å². The van der Waals surface area contributed by atoms with Crippen molar-refractivity contribution in [3.05, 3.63) is 29.8 Å². The highest BCUT2D eigenvalue weighted by Gasteiger charge is 2.13. The maximum atomic E-state index is 9.85. The van der Waals surface area contributed by atoms with Crippen LogP contribution in [0.3, 0.4) is 0 Å². The lowest BCUT2D eigenvalue weighted by atomic mass is 9.87. The summed E-state index contributed by atoms with van der Waals surface area (Å²) in [5, 5.41) is 13.1. The lowest BCUT2D eigenvalue weighted by Gasteiger charge is -2.20. The fourth-order valence-electron chi connectivity index (χ4n) is 1.78. The predicted molar refractivity (Wildman–Crippen MR) is 84.4 cm³/mol. The van der Waals surface area contributed by atoms with Crippen molar-refractivity contribution in [2.24, 2.45) is 0 Å². The van der Waals surface area contributed by atoms with Gasteiger partial charge in [-0.2, -0.15) is 0 Å². The molecule has 114 valence electrons. The van der Waals surface area contributed by atoms with Crippen LogP contribution in [0.1, 0.15) is 46.6 Å². The van der Waals surface area contributed by atoms with E-state index in [0.717, 1.165) is 12.2 Å². The standard InChI is InChI=1S/C17H29NO2/c1-6-13(2)18-11-15(19)12-20-16-9-7-14(8-10-16)17(3,4)5/h7-10,13,15,18-19H,6,11-12H2,1-5H3/t13-,15-/m1/s1. The molecule has 0 fully saturated rings. The summed E-state index contributed by atoms with van der Waals surface area (Å²) < 4.78 is 5.61. The van der Waals surface area contributed by atoms with Crippen LogP contribution >= 0.6 is 0 Å². The van der Waals surface area contributed by atoms with E-state index in [9.17, 15) is 5.11 Å². The summed E-state index contributed by atoms with van der Waals surface area (Å²) in [6, 6.07) is 8.53. The van der Waals surface area contributed by atoms with E-state index >= 15 is 0 Å². The van der Waals surface area contributed by atoms with Crippen LogP contribution in [0.15, 0.2) is 24.3 Å². The summed E-state index contributed by atoms with van der Waals surface area (Å²) in [5.41, 5.74) is 1.43. The zero-order valence-electron chi connectivity index (χ0n) is 13.4. The molecule has 0 aliphatic carbocycles. The van der Waals surface area contributed by atoms with Gasteiger partial charge < -0.3 is 15.2 Å². The van der Waals surface area contributed by atoms with Gasteiger partial charge in [0.05, 0.1) is 0 Å². The van der Waals surface area contributed by atoms with Crippen LogP contribution in [0.4, 0.5) is 0 Å². The predicted octanol–water partition coefficient (Wildman–Crippen LogP) is 3.11. The molecule has 0 bridgehead atoms. The molecule has 0 radical (unpaired) electrons. The highest BCUT2D eigenvalue weighted by Crippen LogP contribution is 2.24. The van der Waals surface area contributed by atoms with E-state index in [4.69, 9.17) is 4.74 Å². The molecule has 1 aromatic rings. The van der Waals surface area contributed by atoms with Crippen molar-refractivity contribution in [2.45, 2.75) is 58.6 Å². The first-order valence-electron chi connectivity index (χ1n) is 7.47. The van der Waals surface area contributed by atoms with Crippen LogP contribution in [0.5, 0.6) is 5.75 Å². The van der Waals surface area contributed by atoms with Gasteiger partial charge in [0.2, 0.25) is 0 Å². The van der Waals surface area contributed by atoms with E-state index < -0.39 is 6.10 Å². The molecule has 2 N–H and O–H groups in total. The molecule has 1 aromatic carbocycles. The Morgan fingerprint density at radius 2 is 1.80 bits per heavy atom. The first kappa shape index (κ1) is 17.0. The molecule has 0 aliphatic heterocycles. The topological polar surface area (TPSA) is 41.5 Å². The van der Waals surface area contributed by atoms with E-state index in [-0.39, 0.29) is 5.41 Å². The summed E-state index contributed by atoms with van der Waals surface area (Å²) in [7, 11) is 0. The number of hydrogen-bond donors (Lipinski definition) is 2. The van der Waals surface area contributed by atoms with Gasteiger partial charge in [0.15, 0.2) is 0 Å². The maximum absolute atomic E-state index is 9.85. The monoisotopic (exact) mass is 279 g/mol. The zero-order valence-corrected chi connectivity index (χ0v) is 13.4. The summed E-state index contributed by atoms with van der Waals surface area (Å²) in [6.07, 6.45) is 0.577. The van der Waals surface area contributed by atoms with Gasteiger partial charge in [-0.15, -0.1) is 0 Å². The highest BCUT2D eigenvalue weighted by molar-refractivity contribution is 5.31. The number of nitrogens with one attached hydrogen (secondary N) is 1. The van der Waals surface area contributed by atoms with Crippen LogP contribution in [0, 0.1) is 0 Å². The molecule has 2 atom stereocenters. The number of rotatable bonds is 7. The number of benzene rings is 1. The fraction of sp³-hybridized carbons (Fsp3) is 0.647. The Balaban J connectivity index is 2.38. The third kappa shape index (κ3) is 5.93. The number of hydrogen-bond acceptors (Lipinski definition) is 3. The second kappa shape index (κ2) is 7.65. The molecule has 0 spiro atoms. The van der Waals surface area contributed by atoms with Crippen molar-refractivity contribution >= 4 is 0 Å². The molecular formula is C17H29NO2. The largest absolute Gasteiger partial charge is 0.491 e. The minimum Gasteiger partial charge on any atom is -0.491 e. The van der Waals surface area contributed by atoms with Gasteiger partial charge in [0.25, 0.3) is 0 Å². The highest BCUT2D eigenvalue weighted by atomic mass is 16.5. The molecule has 3 heteroatoms. The van der Waals surface area contributed by atoms with Crippen LogP contribution in [0.25, 0.3) is 0 Å². The molecule has 0 saturated heterocycles. The Bertz CT molecular complexity index is 381. The van der Waals surface area contributed by atoms with Gasteiger partial charge >= 0.3 is 0 Å². The van der Waals surface area contributed by atoms with Gasteiger partial charge in [-0.25, -0.2) is 0 Å². The summed E-state index contributed by atoms with van der Waals surface area (Å²) in [4.78, 5) is 0. The van der Waals surface area contributed by atoms with Crippen molar-refractivity contribution in [3.63, 3.8) is 0 Å². The van der Waals surface area contributed by atoms with Crippen molar-refractivity contribution in [1.82, 2.24) is 5.32 Å². The van der Waals surface area contributed by atoms with Gasteiger partial charge in [0.1, 0.15) is 18.5 Å². The summed E-state index contributed by atoms with van der Waals surface area (Å²) in [5.74, 6) is 0.806. The Morgan fingerprint density at radius 3 is 2.30 bits per heavy atom. The lowest BCUT2D eigenvalue weighted by Crippen LogP contribution is -2.36. The van der Waals surface area contributed by atoms with Crippen molar-refractivity contribution in [2.75, 3.05) is 13.2 Å². The van der Waals surface area contributed by atoms with E-state index in [2.05, 4.69) is 52.1 Å². The first-order chi connectivity index (χ1) is 9.32. The minimum absolute atomic E-state index is 0.151. The Hall–Kier alpha value is -1.06. The van der Waals surface area contributed by atoms with Gasteiger partial charge in [-0.1, -0.05) is 39.8 Å². The normalized spacial score (nSPS) is 14.9. The van der Waals surface area contributed by atoms with E-state index in [1.54, 1.807) is 0 Å². The van der Waals surface area contributed by atoms with Crippen molar-refractivity contribution < 1.29 is 9.84 Å². The van der Waals surface area contributed by atoms with Gasteiger partial charge in [-0.05, 0) is 36.5 Å². The smallest absolute Gasteiger partial charge is 0.119 e. The van der Waals surface area contributed by atoms with Crippen molar-refractivity contribution in [3.8, 4) is 5.75 Å². The minimum atomic E-state index is -0.480. The third-order valence-electron chi connectivity index (χ3n) is 3.48. The number of aliphatic hydroxyl groups excluding tert-OH is 1. The van der Waals surface area contributed by atoms with E-state index in [1.807, 2.05) is 12.1 Å². The summed E-state index contributed by atoms with van der Waals surface area (Å²) >= 11 is 0. The molecule has 20 heavy (non-hydrogen) atoms. The average Bonchev–Trinajstić information content (AvgIpc) is 2.41. The van der Waals surface area contributed by atoms with Gasteiger partial charge in [0, 0.05) is 12.6 Å². The second-order valence-electron chi connectivity index (χ2n) is 6.46. The van der Waals surface area contributed by atoms with Crippen molar-refractivity contribution in [1.29, 1.82) is 0 Å². The molecule has 1 rings (SSSR count). The fourth-order valence-corrected chi connectivity index (χ4v) is 1.78. The summed E-state index contributed by atoms with van der Waals surface area (Å²) in [6.45, 7) is 11.7. The van der Waals surface area contributed by atoms with Crippen LogP contribution < -0.4 is 10.1 Å². The first-order valence-corrected chi connectivity index (χ1v) is 7.47. The quantitative estimate of drug-likeness (QED) is 0.806. The van der Waals surface area contributed by atoms with E-state index in [0.29, 0.717) is 19.2 Å². The maximum Gasteiger partial charge on any atom is 0.119 e. The number of aliphatic hydroxyl groups is 1. The molecule has 0 aliphatic rings. The van der Waals surface area contributed by atoms with Crippen LogP contribution in [-0.4, -0.2) is 30.4 Å². The average molecular weight is 279 g/mol. The molecule has 0 aromatic heterocycles. The molecule has 0 heterocycles. The van der Waals surface area contributed by atoms with E-state index in [1.165, 1.54) is 5.56 Å². The molecule has 0 amide bonds. The Labute approximate surface area is 123 Å². The lowest BCUT2D eigenvalue weighted by molar-refractivity contribution is 0.104. The molecule has 0 unspecified atom stereocenters. The SMILES string of the molecule is CC[C@@H](C)NC[C@@H](O)COc1ccc(C(C)(C)C)cc1.